The van der Waals surface area contributed by atoms with E-state index in [4.69, 9.17) is 0 Å². The zero-order valence-electron chi connectivity index (χ0n) is 12.9. The zero-order chi connectivity index (χ0) is 15.9. The molecule has 0 aromatic heterocycles. The van der Waals surface area contributed by atoms with Gasteiger partial charge in [0.25, 0.3) is 0 Å². The summed E-state index contributed by atoms with van der Waals surface area (Å²) in [5, 5.41) is 10.3. The third-order valence-electron chi connectivity index (χ3n) is 4.71. The number of anilines is 2. The zero-order valence-corrected chi connectivity index (χ0v) is 12.9. The van der Waals surface area contributed by atoms with E-state index in [1.165, 1.54) is 0 Å². The van der Waals surface area contributed by atoms with E-state index in [2.05, 4.69) is 42.3 Å². The van der Waals surface area contributed by atoms with E-state index in [0.29, 0.717) is 0 Å². The van der Waals surface area contributed by atoms with Gasteiger partial charge in [-0.15, -0.1) is 0 Å². The summed E-state index contributed by atoms with van der Waals surface area (Å²) in [6, 6.07) is 29.1. The standard InChI is InChI=1S/C21H16N2/c1-23-19-13-7-5-11-17(19)21(15-22,16-9-3-2-4-10-16)18-12-6-8-14-20(18)23/h2-14H,1H3. The van der Waals surface area contributed by atoms with Crippen LogP contribution in [0.1, 0.15) is 16.7 Å². The Hall–Kier alpha value is -3.05. The van der Waals surface area contributed by atoms with Gasteiger partial charge in [0.1, 0.15) is 5.41 Å². The predicted octanol–water partition coefficient (Wildman–Crippen LogP) is 4.63. The molecule has 0 radical (unpaired) electrons. The first kappa shape index (κ1) is 13.6. The van der Waals surface area contributed by atoms with Gasteiger partial charge < -0.3 is 4.90 Å². The fourth-order valence-corrected chi connectivity index (χ4v) is 3.63. The Morgan fingerprint density at radius 3 is 1.74 bits per heavy atom. The number of nitrogens with zero attached hydrogens (tertiary/aromatic N) is 2. The Morgan fingerprint density at radius 2 is 1.22 bits per heavy atom. The van der Waals surface area contributed by atoms with Crippen molar-refractivity contribution in [2.75, 3.05) is 11.9 Å². The van der Waals surface area contributed by atoms with Crippen LogP contribution < -0.4 is 4.90 Å². The second-order valence-corrected chi connectivity index (χ2v) is 5.82. The van der Waals surface area contributed by atoms with Crippen molar-refractivity contribution in [3.63, 3.8) is 0 Å². The highest BCUT2D eigenvalue weighted by molar-refractivity contribution is 5.82. The van der Waals surface area contributed by atoms with Crippen molar-refractivity contribution in [2.24, 2.45) is 0 Å². The normalized spacial score (nSPS) is 14.5. The van der Waals surface area contributed by atoms with E-state index in [0.717, 1.165) is 28.1 Å². The minimum Gasteiger partial charge on any atom is -0.344 e. The molecule has 0 bridgehead atoms. The molecule has 23 heavy (non-hydrogen) atoms. The van der Waals surface area contributed by atoms with Crippen LogP contribution in [0.2, 0.25) is 0 Å². The molecular weight excluding hydrogens is 280 g/mol. The first-order valence-corrected chi connectivity index (χ1v) is 7.68. The van der Waals surface area contributed by atoms with Gasteiger partial charge in [-0.1, -0.05) is 66.7 Å². The van der Waals surface area contributed by atoms with Crippen LogP contribution in [-0.2, 0) is 5.41 Å². The van der Waals surface area contributed by atoms with Crippen LogP contribution in [0.25, 0.3) is 0 Å². The quantitative estimate of drug-likeness (QED) is 0.655. The summed E-state index contributed by atoms with van der Waals surface area (Å²) in [7, 11) is 2.06. The highest BCUT2D eigenvalue weighted by atomic mass is 15.1. The van der Waals surface area contributed by atoms with Gasteiger partial charge in [-0.25, -0.2) is 0 Å². The first-order valence-electron chi connectivity index (χ1n) is 7.68. The maximum Gasteiger partial charge on any atom is 0.136 e. The Balaban J connectivity index is 2.15. The molecule has 0 saturated heterocycles. The molecule has 0 fully saturated rings. The smallest absolute Gasteiger partial charge is 0.136 e. The van der Waals surface area contributed by atoms with Crippen molar-refractivity contribution in [2.45, 2.75) is 5.41 Å². The molecule has 1 aliphatic heterocycles. The second-order valence-electron chi connectivity index (χ2n) is 5.82. The summed E-state index contributed by atoms with van der Waals surface area (Å²) in [4.78, 5) is 2.17. The fraction of sp³-hybridized carbons (Fsp3) is 0.0952. The molecule has 0 amide bonds. The van der Waals surface area contributed by atoms with Crippen molar-refractivity contribution < 1.29 is 0 Å². The highest BCUT2D eigenvalue weighted by Crippen LogP contribution is 2.51. The summed E-state index contributed by atoms with van der Waals surface area (Å²) in [5.41, 5.74) is 4.47. The molecule has 0 spiro atoms. The summed E-state index contributed by atoms with van der Waals surface area (Å²) < 4.78 is 0. The SMILES string of the molecule is CN1c2ccccc2C(C#N)(c2ccccc2)c2ccccc21. The molecule has 3 aromatic rings. The van der Waals surface area contributed by atoms with Crippen molar-refractivity contribution in [3.8, 4) is 6.07 Å². The molecule has 0 N–H and O–H groups in total. The molecule has 3 aromatic carbocycles. The molecule has 110 valence electrons. The topological polar surface area (TPSA) is 27.0 Å². The number of rotatable bonds is 1. The van der Waals surface area contributed by atoms with E-state index in [1.807, 2.05) is 54.6 Å². The van der Waals surface area contributed by atoms with Gasteiger partial charge in [-0.05, 0) is 17.7 Å². The van der Waals surface area contributed by atoms with E-state index in [9.17, 15) is 5.26 Å². The Kier molecular flexibility index (Phi) is 2.96. The van der Waals surface area contributed by atoms with Crippen LogP contribution in [0, 0.1) is 11.3 Å². The molecule has 0 aliphatic carbocycles. The summed E-state index contributed by atoms with van der Waals surface area (Å²) in [5.74, 6) is 0. The van der Waals surface area contributed by atoms with Gasteiger partial charge in [0, 0.05) is 29.5 Å². The van der Waals surface area contributed by atoms with Gasteiger partial charge in [0.05, 0.1) is 6.07 Å². The van der Waals surface area contributed by atoms with E-state index in [1.54, 1.807) is 0 Å². The number of fused-ring (bicyclic) bond motifs is 2. The lowest BCUT2D eigenvalue weighted by Crippen LogP contribution is -2.35. The predicted molar refractivity (Wildman–Crippen MR) is 92.9 cm³/mol. The molecule has 1 aliphatic rings. The number of hydrogen-bond acceptors (Lipinski definition) is 2. The van der Waals surface area contributed by atoms with Crippen LogP contribution in [0.4, 0.5) is 11.4 Å². The lowest BCUT2D eigenvalue weighted by atomic mass is 9.67. The van der Waals surface area contributed by atoms with E-state index in [-0.39, 0.29) is 0 Å². The minimum absolute atomic E-state index is 0.777. The van der Waals surface area contributed by atoms with Gasteiger partial charge in [0.15, 0.2) is 0 Å². The average Bonchev–Trinajstić information content (AvgIpc) is 2.64. The van der Waals surface area contributed by atoms with Crippen molar-refractivity contribution in [3.05, 3.63) is 95.6 Å². The minimum atomic E-state index is -0.777. The Bertz CT molecular complexity index is 859. The Labute approximate surface area is 136 Å². The molecule has 4 rings (SSSR count). The van der Waals surface area contributed by atoms with Gasteiger partial charge >= 0.3 is 0 Å². The fourth-order valence-electron chi connectivity index (χ4n) is 3.63. The van der Waals surface area contributed by atoms with Gasteiger partial charge in [-0.3, -0.25) is 0 Å². The molecule has 2 heteroatoms. The van der Waals surface area contributed by atoms with Crippen LogP contribution >= 0.6 is 0 Å². The average molecular weight is 296 g/mol. The number of hydrogen-bond donors (Lipinski definition) is 0. The van der Waals surface area contributed by atoms with Gasteiger partial charge in [0.2, 0.25) is 0 Å². The maximum absolute atomic E-state index is 10.3. The maximum atomic E-state index is 10.3. The number of nitriles is 1. The summed E-state index contributed by atoms with van der Waals surface area (Å²) >= 11 is 0. The molecule has 2 nitrogen and oxygen atoms in total. The summed E-state index contributed by atoms with van der Waals surface area (Å²) in [6.45, 7) is 0. The van der Waals surface area contributed by atoms with Gasteiger partial charge in [-0.2, -0.15) is 5.26 Å². The Morgan fingerprint density at radius 1 is 0.739 bits per heavy atom. The second kappa shape index (κ2) is 5.00. The first-order chi connectivity index (χ1) is 11.3. The lowest BCUT2D eigenvalue weighted by molar-refractivity contribution is 0.772. The van der Waals surface area contributed by atoms with Crippen LogP contribution in [0.5, 0.6) is 0 Å². The summed E-state index contributed by atoms with van der Waals surface area (Å²) in [6.07, 6.45) is 0. The van der Waals surface area contributed by atoms with Crippen LogP contribution in [-0.4, -0.2) is 7.05 Å². The highest BCUT2D eigenvalue weighted by Gasteiger charge is 2.44. The molecule has 0 unspecified atom stereocenters. The van der Waals surface area contributed by atoms with Crippen LogP contribution in [0.3, 0.4) is 0 Å². The third-order valence-corrected chi connectivity index (χ3v) is 4.71. The third kappa shape index (κ3) is 1.74. The lowest BCUT2D eigenvalue weighted by Gasteiger charge is -2.40. The molecule has 0 saturated carbocycles. The molecule has 1 heterocycles. The van der Waals surface area contributed by atoms with E-state index < -0.39 is 5.41 Å². The largest absolute Gasteiger partial charge is 0.344 e. The monoisotopic (exact) mass is 296 g/mol. The van der Waals surface area contributed by atoms with E-state index >= 15 is 0 Å². The van der Waals surface area contributed by atoms with Crippen molar-refractivity contribution in [1.82, 2.24) is 0 Å². The van der Waals surface area contributed by atoms with Crippen molar-refractivity contribution >= 4 is 11.4 Å². The molecular formula is C21H16N2. The molecule has 0 atom stereocenters. The van der Waals surface area contributed by atoms with Crippen LogP contribution in [0.15, 0.2) is 78.9 Å². The van der Waals surface area contributed by atoms with Crippen molar-refractivity contribution in [1.29, 1.82) is 5.26 Å². The number of benzene rings is 3. The number of para-hydroxylation sites is 2.